The SMILES string of the molecule is Cc1nc(N)n(C(=O)O)c1C. The van der Waals surface area contributed by atoms with Crippen molar-refractivity contribution in [2.24, 2.45) is 0 Å². The van der Waals surface area contributed by atoms with Gasteiger partial charge < -0.3 is 10.8 Å². The van der Waals surface area contributed by atoms with Crippen LogP contribution in [-0.2, 0) is 0 Å². The number of aryl methyl sites for hydroxylation is 1. The number of imidazole rings is 1. The van der Waals surface area contributed by atoms with Crippen molar-refractivity contribution < 1.29 is 9.90 Å². The summed E-state index contributed by atoms with van der Waals surface area (Å²) in [5.74, 6) is 0.0208. The summed E-state index contributed by atoms with van der Waals surface area (Å²) in [6.45, 7) is 3.37. The lowest BCUT2D eigenvalue weighted by atomic mass is 10.4. The van der Waals surface area contributed by atoms with Crippen LogP contribution in [0.3, 0.4) is 0 Å². The van der Waals surface area contributed by atoms with Crippen LogP contribution >= 0.6 is 0 Å². The second-order valence-electron chi connectivity index (χ2n) is 2.26. The number of nitrogens with two attached hydrogens (primary N) is 1. The minimum absolute atomic E-state index is 0.0208. The normalized spacial score (nSPS) is 10.0. The summed E-state index contributed by atoms with van der Waals surface area (Å²) in [6.07, 6.45) is -1.10. The van der Waals surface area contributed by atoms with Crippen LogP contribution in [-0.4, -0.2) is 20.8 Å². The quantitative estimate of drug-likeness (QED) is 0.575. The van der Waals surface area contributed by atoms with E-state index in [-0.39, 0.29) is 5.95 Å². The first kappa shape index (κ1) is 7.59. The van der Waals surface area contributed by atoms with Crippen molar-refractivity contribution >= 4 is 12.0 Å². The van der Waals surface area contributed by atoms with Crippen LogP contribution in [0.5, 0.6) is 0 Å². The van der Waals surface area contributed by atoms with Crippen molar-refractivity contribution in [3.05, 3.63) is 11.4 Å². The first-order valence-electron chi connectivity index (χ1n) is 3.08. The van der Waals surface area contributed by atoms with Gasteiger partial charge in [-0.25, -0.2) is 14.3 Å². The summed E-state index contributed by atoms with van der Waals surface area (Å²) in [7, 11) is 0. The maximum absolute atomic E-state index is 10.5. The topological polar surface area (TPSA) is 81.1 Å². The summed E-state index contributed by atoms with van der Waals surface area (Å²) in [5.41, 5.74) is 6.52. The summed E-state index contributed by atoms with van der Waals surface area (Å²) < 4.78 is 0.954. The molecule has 0 amide bonds. The Morgan fingerprint density at radius 2 is 2.18 bits per heavy atom. The molecular weight excluding hydrogens is 146 g/mol. The van der Waals surface area contributed by atoms with Gasteiger partial charge in [-0.15, -0.1) is 0 Å². The highest BCUT2D eigenvalue weighted by Gasteiger charge is 2.12. The third-order valence-electron chi connectivity index (χ3n) is 1.56. The van der Waals surface area contributed by atoms with Crippen LogP contribution in [0.25, 0.3) is 0 Å². The first-order valence-corrected chi connectivity index (χ1v) is 3.08. The Morgan fingerprint density at radius 3 is 2.36 bits per heavy atom. The molecule has 0 aromatic carbocycles. The number of nitrogens with zero attached hydrogens (tertiary/aromatic N) is 2. The van der Waals surface area contributed by atoms with E-state index in [9.17, 15) is 4.79 Å². The fourth-order valence-electron chi connectivity index (χ4n) is 0.878. The molecule has 3 N–H and O–H groups in total. The van der Waals surface area contributed by atoms with E-state index in [1.54, 1.807) is 13.8 Å². The molecule has 1 rings (SSSR count). The van der Waals surface area contributed by atoms with Gasteiger partial charge in [0.25, 0.3) is 0 Å². The van der Waals surface area contributed by atoms with E-state index in [1.165, 1.54) is 0 Å². The molecule has 0 saturated carbocycles. The first-order chi connectivity index (χ1) is 5.04. The molecule has 0 fully saturated rings. The number of aromatic nitrogens is 2. The number of anilines is 1. The molecule has 5 heteroatoms. The predicted octanol–water partition coefficient (Wildman–Crippen LogP) is 0.608. The van der Waals surface area contributed by atoms with Gasteiger partial charge in [0, 0.05) is 0 Å². The Bertz CT molecular complexity index is 303. The molecule has 0 bridgehead atoms. The molecule has 11 heavy (non-hydrogen) atoms. The number of hydrogen-bond acceptors (Lipinski definition) is 3. The fourth-order valence-corrected chi connectivity index (χ4v) is 0.878. The highest BCUT2D eigenvalue weighted by atomic mass is 16.4. The largest absolute Gasteiger partial charge is 0.464 e. The minimum atomic E-state index is -1.10. The molecule has 1 aromatic heterocycles. The maximum atomic E-state index is 10.5. The highest BCUT2D eigenvalue weighted by Crippen LogP contribution is 2.10. The van der Waals surface area contributed by atoms with Gasteiger partial charge in [0.05, 0.1) is 11.4 Å². The summed E-state index contributed by atoms with van der Waals surface area (Å²) in [4.78, 5) is 14.3. The average molecular weight is 155 g/mol. The van der Waals surface area contributed by atoms with Crippen LogP contribution in [0.15, 0.2) is 0 Å². The van der Waals surface area contributed by atoms with Gasteiger partial charge in [-0.05, 0) is 13.8 Å². The Kier molecular flexibility index (Phi) is 1.56. The van der Waals surface area contributed by atoms with E-state index in [4.69, 9.17) is 10.8 Å². The van der Waals surface area contributed by atoms with E-state index in [0.29, 0.717) is 11.4 Å². The molecular formula is C6H9N3O2. The monoisotopic (exact) mass is 155 g/mol. The van der Waals surface area contributed by atoms with Gasteiger partial charge in [0.2, 0.25) is 5.95 Å². The highest BCUT2D eigenvalue weighted by molar-refractivity contribution is 5.73. The molecule has 1 heterocycles. The van der Waals surface area contributed by atoms with Gasteiger partial charge in [-0.3, -0.25) is 0 Å². The number of rotatable bonds is 0. The van der Waals surface area contributed by atoms with Crippen molar-refractivity contribution in [3.63, 3.8) is 0 Å². The summed E-state index contributed by atoms with van der Waals surface area (Å²) in [6, 6.07) is 0. The molecule has 0 radical (unpaired) electrons. The van der Waals surface area contributed by atoms with Gasteiger partial charge in [-0.1, -0.05) is 0 Å². The molecule has 1 aromatic rings. The van der Waals surface area contributed by atoms with Crippen molar-refractivity contribution in [3.8, 4) is 0 Å². The van der Waals surface area contributed by atoms with Crippen LogP contribution < -0.4 is 5.73 Å². The molecule has 0 atom stereocenters. The summed E-state index contributed by atoms with van der Waals surface area (Å²) >= 11 is 0. The van der Waals surface area contributed by atoms with Crippen molar-refractivity contribution in [1.82, 2.24) is 9.55 Å². The molecule has 0 unspecified atom stereocenters. The van der Waals surface area contributed by atoms with Gasteiger partial charge in [-0.2, -0.15) is 0 Å². The lowest BCUT2D eigenvalue weighted by molar-refractivity contribution is 0.196. The lowest BCUT2D eigenvalue weighted by Gasteiger charge is -1.97. The van der Waals surface area contributed by atoms with E-state index >= 15 is 0 Å². The zero-order valence-electron chi connectivity index (χ0n) is 6.33. The Balaban J connectivity index is 3.34. The third-order valence-corrected chi connectivity index (χ3v) is 1.56. The fraction of sp³-hybridized carbons (Fsp3) is 0.333. The molecule has 60 valence electrons. The summed E-state index contributed by atoms with van der Waals surface area (Å²) in [5, 5.41) is 8.60. The second-order valence-corrected chi connectivity index (χ2v) is 2.26. The minimum Gasteiger partial charge on any atom is -0.464 e. The molecule has 0 aliphatic rings. The molecule has 0 saturated heterocycles. The number of hydrogen-bond donors (Lipinski definition) is 2. The van der Waals surface area contributed by atoms with Gasteiger partial charge in [0.15, 0.2) is 0 Å². The Hall–Kier alpha value is -1.52. The Morgan fingerprint density at radius 1 is 1.64 bits per heavy atom. The zero-order valence-corrected chi connectivity index (χ0v) is 6.33. The lowest BCUT2D eigenvalue weighted by Crippen LogP contribution is -2.12. The van der Waals surface area contributed by atoms with Crippen molar-refractivity contribution in [2.75, 3.05) is 5.73 Å². The smallest absolute Gasteiger partial charge is 0.418 e. The molecule has 0 aliphatic carbocycles. The molecule has 0 spiro atoms. The number of carbonyl (C=O) groups is 1. The number of carboxylic acid groups (broad SMARTS) is 1. The van der Waals surface area contributed by atoms with Gasteiger partial charge in [0.1, 0.15) is 0 Å². The zero-order chi connectivity index (χ0) is 8.59. The van der Waals surface area contributed by atoms with E-state index in [2.05, 4.69) is 4.98 Å². The third kappa shape index (κ3) is 1.04. The van der Waals surface area contributed by atoms with Crippen LogP contribution in [0, 0.1) is 13.8 Å². The van der Waals surface area contributed by atoms with E-state index in [1.807, 2.05) is 0 Å². The van der Waals surface area contributed by atoms with Crippen LogP contribution in [0.4, 0.5) is 10.7 Å². The molecule has 5 nitrogen and oxygen atoms in total. The number of nitrogen functional groups attached to an aromatic ring is 1. The standard InChI is InChI=1S/C6H9N3O2/c1-3-4(2)9(6(10)11)5(7)8-3/h1-2H3,(H2,7,8)(H,10,11). The average Bonchev–Trinajstić information content (AvgIpc) is 2.07. The van der Waals surface area contributed by atoms with E-state index < -0.39 is 6.09 Å². The van der Waals surface area contributed by atoms with Crippen molar-refractivity contribution in [1.29, 1.82) is 0 Å². The second kappa shape index (κ2) is 2.26. The molecule has 0 aliphatic heterocycles. The maximum Gasteiger partial charge on any atom is 0.418 e. The predicted molar refractivity (Wildman–Crippen MR) is 39.5 cm³/mol. The van der Waals surface area contributed by atoms with Crippen molar-refractivity contribution in [2.45, 2.75) is 13.8 Å². The van der Waals surface area contributed by atoms with E-state index in [0.717, 1.165) is 4.57 Å². The van der Waals surface area contributed by atoms with Crippen LogP contribution in [0.1, 0.15) is 11.4 Å². The van der Waals surface area contributed by atoms with Crippen LogP contribution in [0.2, 0.25) is 0 Å². The van der Waals surface area contributed by atoms with Gasteiger partial charge >= 0.3 is 6.09 Å². The Labute approximate surface area is 63.5 Å².